The molecule has 26 heavy (non-hydrogen) atoms. The van der Waals surface area contributed by atoms with E-state index in [1.54, 1.807) is 17.0 Å². The maximum absolute atomic E-state index is 12.5. The zero-order valence-corrected chi connectivity index (χ0v) is 15.1. The number of nitro benzene ring substituents is 1. The summed E-state index contributed by atoms with van der Waals surface area (Å²) in [6.45, 7) is 2.79. The summed E-state index contributed by atoms with van der Waals surface area (Å²) >= 11 is 0. The summed E-state index contributed by atoms with van der Waals surface area (Å²) in [6.07, 6.45) is 7.47. The van der Waals surface area contributed by atoms with Crippen LogP contribution < -0.4 is 5.32 Å². The van der Waals surface area contributed by atoms with Gasteiger partial charge in [-0.25, -0.2) is 0 Å². The van der Waals surface area contributed by atoms with E-state index in [1.807, 2.05) is 0 Å². The van der Waals surface area contributed by atoms with Crippen molar-refractivity contribution in [3.8, 4) is 0 Å². The van der Waals surface area contributed by atoms with Crippen LogP contribution in [0, 0.1) is 16.0 Å². The first kappa shape index (κ1) is 18.6. The highest BCUT2D eigenvalue weighted by molar-refractivity contribution is 5.95. The average molecular weight is 361 g/mol. The van der Waals surface area contributed by atoms with E-state index >= 15 is 0 Å². The molecule has 1 saturated carbocycles. The number of nitro groups is 1. The fourth-order valence-electron chi connectivity index (χ4n) is 3.80. The van der Waals surface area contributed by atoms with Gasteiger partial charge in [0.05, 0.1) is 18.1 Å². The molecule has 1 aromatic carbocycles. The van der Waals surface area contributed by atoms with Gasteiger partial charge < -0.3 is 15.0 Å². The first-order chi connectivity index (χ1) is 12.6. The van der Waals surface area contributed by atoms with Crippen molar-refractivity contribution >= 4 is 17.3 Å². The van der Waals surface area contributed by atoms with Crippen molar-refractivity contribution in [3.05, 3.63) is 33.9 Å². The van der Waals surface area contributed by atoms with Gasteiger partial charge in [0.25, 0.3) is 11.6 Å². The van der Waals surface area contributed by atoms with Gasteiger partial charge in [0.1, 0.15) is 5.69 Å². The normalized spacial score (nSPS) is 18.5. The number of hydrogen-bond acceptors (Lipinski definition) is 5. The predicted octanol–water partition coefficient (Wildman–Crippen LogP) is 3.45. The number of carbonyl (C=O) groups is 1. The van der Waals surface area contributed by atoms with Crippen LogP contribution in [0.4, 0.5) is 11.4 Å². The van der Waals surface area contributed by atoms with Crippen LogP contribution in [0.2, 0.25) is 0 Å². The van der Waals surface area contributed by atoms with Gasteiger partial charge in [-0.2, -0.15) is 0 Å². The molecule has 2 fully saturated rings. The predicted molar refractivity (Wildman–Crippen MR) is 99.5 cm³/mol. The van der Waals surface area contributed by atoms with Crippen molar-refractivity contribution in [3.63, 3.8) is 0 Å². The molecule has 1 saturated heterocycles. The minimum atomic E-state index is -0.418. The molecule has 1 amide bonds. The van der Waals surface area contributed by atoms with Gasteiger partial charge in [0.2, 0.25) is 0 Å². The van der Waals surface area contributed by atoms with Gasteiger partial charge in [-0.3, -0.25) is 14.9 Å². The molecule has 1 aliphatic heterocycles. The lowest BCUT2D eigenvalue weighted by atomic mass is 9.87. The second kappa shape index (κ2) is 8.98. The molecule has 1 aliphatic carbocycles. The molecule has 1 N–H and O–H groups in total. The van der Waals surface area contributed by atoms with E-state index in [1.165, 1.54) is 38.2 Å². The molecule has 142 valence electrons. The van der Waals surface area contributed by atoms with E-state index in [4.69, 9.17) is 4.74 Å². The summed E-state index contributed by atoms with van der Waals surface area (Å²) in [4.78, 5) is 25.3. The quantitative estimate of drug-likeness (QED) is 0.620. The van der Waals surface area contributed by atoms with E-state index in [-0.39, 0.29) is 11.6 Å². The van der Waals surface area contributed by atoms with Crippen LogP contribution in [0.1, 0.15) is 48.9 Å². The smallest absolute Gasteiger partial charge is 0.293 e. The third-order valence-electron chi connectivity index (χ3n) is 5.33. The van der Waals surface area contributed by atoms with Crippen molar-refractivity contribution in [2.75, 3.05) is 38.2 Å². The Labute approximate surface area is 153 Å². The number of nitrogens with one attached hydrogen (secondary N) is 1. The van der Waals surface area contributed by atoms with E-state index in [0.717, 1.165) is 18.9 Å². The molecule has 0 spiro atoms. The fourth-order valence-corrected chi connectivity index (χ4v) is 3.80. The van der Waals surface area contributed by atoms with Crippen LogP contribution in [0.5, 0.6) is 0 Å². The van der Waals surface area contributed by atoms with Crippen LogP contribution in [-0.2, 0) is 4.74 Å². The third kappa shape index (κ3) is 4.72. The van der Waals surface area contributed by atoms with Gasteiger partial charge >= 0.3 is 0 Å². The lowest BCUT2D eigenvalue weighted by molar-refractivity contribution is -0.384. The van der Waals surface area contributed by atoms with Crippen LogP contribution in [0.3, 0.4) is 0 Å². The van der Waals surface area contributed by atoms with Gasteiger partial charge in [0.15, 0.2) is 0 Å². The van der Waals surface area contributed by atoms with Crippen LogP contribution in [0.15, 0.2) is 18.2 Å². The molecule has 3 rings (SSSR count). The average Bonchev–Trinajstić information content (AvgIpc) is 2.69. The molecule has 2 aliphatic rings. The lowest BCUT2D eigenvalue weighted by Gasteiger charge is -2.26. The number of ether oxygens (including phenoxy) is 1. The second-order valence-electron chi connectivity index (χ2n) is 7.11. The van der Waals surface area contributed by atoms with Crippen LogP contribution in [-0.4, -0.2) is 48.6 Å². The van der Waals surface area contributed by atoms with Crippen molar-refractivity contribution in [2.24, 2.45) is 5.92 Å². The molecular weight excluding hydrogens is 334 g/mol. The highest BCUT2D eigenvalue weighted by Gasteiger charge is 2.23. The maximum atomic E-state index is 12.5. The molecule has 0 aromatic heterocycles. The maximum Gasteiger partial charge on any atom is 0.293 e. The Balaban J connectivity index is 1.64. The summed E-state index contributed by atoms with van der Waals surface area (Å²) in [7, 11) is 0. The molecule has 7 heteroatoms. The van der Waals surface area contributed by atoms with Gasteiger partial charge in [0, 0.05) is 31.3 Å². The number of benzene rings is 1. The Morgan fingerprint density at radius 3 is 2.65 bits per heavy atom. The van der Waals surface area contributed by atoms with Crippen molar-refractivity contribution in [1.82, 2.24) is 4.90 Å². The Morgan fingerprint density at radius 1 is 1.23 bits per heavy atom. The molecule has 1 aromatic rings. The number of rotatable bonds is 6. The minimum Gasteiger partial charge on any atom is -0.379 e. The van der Waals surface area contributed by atoms with E-state index < -0.39 is 4.92 Å². The first-order valence-electron chi connectivity index (χ1n) is 9.54. The first-order valence-corrected chi connectivity index (χ1v) is 9.54. The molecule has 0 atom stereocenters. The third-order valence-corrected chi connectivity index (χ3v) is 5.33. The van der Waals surface area contributed by atoms with Crippen molar-refractivity contribution < 1.29 is 14.5 Å². The topological polar surface area (TPSA) is 84.7 Å². The van der Waals surface area contributed by atoms with Crippen molar-refractivity contribution in [1.29, 1.82) is 0 Å². The SMILES string of the molecule is O=C(c1ccc(NCCC2CCCCC2)c([N+](=O)[O-])c1)N1CCOCC1. The summed E-state index contributed by atoms with van der Waals surface area (Å²) in [5.41, 5.74) is 0.813. The zero-order chi connectivity index (χ0) is 18.4. The molecular formula is C19H27N3O4. The Hall–Kier alpha value is -2.15. The number of nitrogens with zero attached hydrogens (tertiary/aromatic N) is 2. The minimum absolute atomic E-state index is 0.0345. The number of hydrogen-bond donors (Lipinski definition) is 1. The standard InChI is InChI=1S/C19H27N3O4/c23-19(21-10-12-26-13-11-21)16-6-7-17(18(14-16)22(24)25)20-9-8-15-4-2-1-3-5-15/h6-7,14-15,20H,1-5,8-13H2. The van der Waals surface area contributed by atoms with Gasteiger partial charge in [-0.05, 0) is 24.5 Å². The Morgan fingerprint density at radius 2 is 1.96 bits per heavy atom. The van der Waals surface area contributed by atoms with E-state index in [9.17, 15) is 14.9 Å². The highest BCUT2D eigenvalue weighted by atomic mass is 16.6. The van der Waals surface area contributed by atoms with Gasteiger partial charge in [-0.15, -0.1) is 0 Å². The number of anilines is 1. The number of morpholine rings is 1. The summed E-state index contributed by atoms with van der Waals surface area (Å²) in [6, 6.07) is 4.72. The monoisotopic (exact) mass is 361 g/mol. The lowest BCUT2D eigenvalue weighted by Crippen LogP contribution is -2.40. The highest BCUT2D eigenvalue weighted by Crippen LogP contribution is 2.29. The molecule has 1 heterocycles. The Kier molecular flexibility index (Phi) is 6.44. The number of carbonyl (C=O) groups excluding carboxylic acids is 1. The fraction of sp³-hybridized carbons (Fsp3) is 0.632. The molecule has 0 radical (unpaired) electrons. The summed E-state index contributed by atoms with van der Waals surface area (Å²) in [5, 5.41) is 14.7. The zero-order valence-electron chi connectivity index (χ0n) is 15.1. The summed E-state index contributed by atoms with van der Waals surface area (Å²) < 4.78 is 5.25. The summed E-state index contributed by atoms with van der Waals surface area (Å²) in [5.74, 6) is 0.544. The number of amides is 1. The van der Waals surface area contributed by atoms with E-state index in [0.29, 0.717) is 37.6 Å². The molecule has 0 unspecified atom stereocenters. The largest absolute Gasteiger partial charge is 0.379 e. The second-order valence-corrected chi connectivity index (χ2v) is 7.11. The molecule has 7 nitrogen and oxygen atoms in total. The van der Waals surface area contributed by atoms with Crippen molar-refractivity contribution in [2.45, 2.75) is 38.5 Å². The van der Waals surface area contributed by atoms with Gasteiger partial charge in [-0.1, -0.05) is 32.1 Å². The molecule has 0 bridgehead atoms. The van der Waals surface area contributed by atoms with Crippen LogP contribution >= 0.6 is 0 Å². The van der Waals surface area contributed by atoms with E-state index in [2.05, 4.69) is 5.32 Å². The Bertz CT molecular complexity index is 638. The van der Waals surface area contributed by atoms with Crippen LogP contribution in [0.25, 0.3) is 0 Å².